The number of unbranched alkanes of at least 4 members (excludes halogenated alkanes) is 2. The monoisotopic (exact) mass is 221 g/mol. The van der Waals surface area contributed by atoms with Crippen LogP contribution in [0.2, 0.25) is 0 Å². The van der Waals surface area contributed by atoms with E-state index in [1.807, 2.05) is 6.07 Å². The second kappa shape index (κ2) is 7.29. The van der Waals surface area contributed by atoms with Crippen LogP contribution in [0.4, 0.5) is 0 Å². The molecule has 0 aliphatic carbocycles. The summed E-state index contributed by atoms with van der Waals surface area (Å²) in [4.78, 5) is 0. The zero-order chi connectivity index (χ0) is 11.8. The molecule has 0 bridgehead atoms. The highest BCUT2D eigenvalue weighted by atomic mass is 16.5. The molecule has 0 heterocycles. The van der Waals surface area contributed by atoms with Gasteiger partial charge in [0.25, 0.3) is 0 Å². The Labute approximate surface area is 98.8 Å². The molecule has 1 rings (SSSR count). The van der Waals surface area contributed by atoms with Gasteiger partial charge in [-0.1, -0.05) is 26.0 Å². The van der Waals surface area contributed by atoms with E-state index < -0.39 is 0 Å². The maximum absolute atomic E-state index is 5.70. The van der Waals surface area contributed by atoms with Crippen LogP contribution >= 0.6 is 0 Å². The minimum absolute atomic E-state index is 0.556. The van der Waals surface area contributed by atoms with Crippen molar-refractivity contribution in [3.63, 3.8) is 0 Å². The molecule has 0 aromatic heterocycles. The van der Waals surface area contributed by atoms with E-state index in [9.17, 15) is 0 Å². The van der Waals surface area contributed by atoms with E-state index in [-0.39, 0.29) is 0 Å². The minimum Gasteiger partial charge on any atom is -0.494 e. The summed E-state index contributed by atoms with van der Waals surface area (Å²) in [5, 5.41) is 0. The molecule has 0 amide bonds. The lowest BCUT2D eigenvalue weighted by Gasteiger charge is -2.09. The van der Waals surface area contributed by atoms with Crippen molar-refractivity contribution in [1.29, 1.82) is 0 Å². The molecule has 2 N–H and O–H groups in total. The van der Waals surface area contributed by atoms with Crippen molar-refractivity contribution in [2.24, 2.45) is 5.73 Å². The highest BCUT2D eigenvalue weighted by molar-refractivity contribution is 5.30. The van der Waals surface area contributed by atoms with Crippen LogP contribution in [0.25, 0.3) is 0 Å². The summed E-state index contributed by atoms with van der Waals surface area (Å²) in [7, 11) is 0. The molecule has 0 radical (unpaired) electrons. The zero-order valence-corrected chi connectivity index (χ0v) is 10.4. The lowest BCUT2D eigenvalue weighted by atomic mass is 10.0. The predicted octanol–water partition coefficient (Wildman–Crippen LogP) is 3.32. The maximum Gasteiger partial charge on any atom is 0.119 e. The van der Waals surface area contributed by atoms with Crippen molar-refractivity contribution in [1.82, 2.24) is 0 Å². The fourth-order valence-corrected chi connectivity index (χ4v) is 1.58. The van der Waals surface area contributed by atoms with Gasteiger partial charge < -0.3 is 10.5 Å². The van der Waals surface area contributed by atoms with Crippen molar-refractivity contribution in [2.45, 2.75) is 39.0 Å². The van der Waals surface area contributed by atoms with Gasteiger partial charge in [-0.15, -0.1) is 0 Å². The van der Waals surface area contributed by atoms with Gasteiger partial charge in [0.05, 0.1) is 6.61 Å². The summed E-state index contributed by atoms with van der Waals surface area (Å²) in [5.74, 6) is 1.54. The van der Waals surface area contributed by atoms with Gasteiger partial charge in [0, 0.05) is 0 Å². The lowest BCUT2D eigenvalue weighted by molar-refractivity contribution is 0.305. The topological polar surface area (TPSA) is 35.2 Å². The van der Waals surface area contributed by atoms with Gasteiger partial charge in [-0.2, -0.15) is 0 Å². The molecule has 0 fully saturated rings. The Morgan fingerprint density at radius 2 is 2.00 bits per heavy atom. The Hall–Kier alpha value is -1.02. The number of hydrogen-bond acceptors (Lipinski definition) is 2. The van der Waals surface area contributed by atoms with Crippen molar-refractivity contribution >= 4 is 0 Å². The Kier molecular flexibility index (Phi) is 5.94. The van der Waals surface area contributed by atoms with Gasteiger partial charge in [-0.3, -0.25) is 0 Å². The summed E-state index contributed by atoms with van der Waals surface area (Å²) in [6.07, 6.45) is 3.33. The second-order valence-corrected chi connectivity index (χ2v) is 4.42. The average Bonchev–Trinajstić information content (AvgIpc) is 2.29. The Morgan fingerprint density at radius 3 is 2.69 bits per heavy atom. The Morgan fingerprint density at radius 1 is 1.19 bits per heavy atom. The quantitative estimate of drug-likeness (QED) is 0.717. The molecule has 16 heavy (non-hydrogen) atoms. The van der Waals surface area contributed by atoms with Crippen LogP contribution in [0.3, 0.4) is 0 Å². The molecular formula is C14H23NO. The number of rotatable bonds is 7. The fourth-order valence-electron chi connectivity index (χ4n) is 1.58. The molecule has 0 spiro atoms. The van der Waals surface area contributed by atoms with Crippen molar-refractivity contribution in [3.05, 3.63) is 29.8 Å². The molecule has 0 aliphatic heterocycles. The molecular weight excluding hydrogens is 198 g/mol. The van der Waals surface area contributed by atoms with Crippen LogP contribution in [-0.2, 0) is 0 Å². The van der Waals surface area contributed by atoms with Gasteiger partial charge in [0.1, 0.15) is 5.75 Å². The van der Waals surface area contributed by atoms with Gasteiger partial charge >= 0.3 is 0 Å². The predicted molar refractivity (Wildman–Crippen MR) is 68.9 cm³/mol. The third-order valence-electron chi connectivity index (χ3n) is 2.64. The first-order chi connectivity index (χ1) is 7.74. The Bertz CT molecular complexity index is 297. The van der Waals surface area contributed by atoms with E-state index >= 15 is 0 Å². The number of ether oxygens (including phenoxy) is 1. The summed E-state index contributed by atoms with van der Waals surface area (Å²) in [6, 6.07) is 8.36. The van der Waals surface area contributed by atoms with E-state index in [4.69, 9.17) is 10.5 Å². The SMILES string of the molecule is CC(C)c1cccc(OCCCCCN)c1. The molecule has 2 nitrogen and oxygen atoms in total. The van der Waals surface area contributed by atoms with E-state index in [0.29, 0.717) is 5.92 Å². The summed E-state index contributed by atoms with van der Waals surface area (Å²) in [6.45, 7) is 5.96. The van der Waals surface area contributed by atoms with E-state index in [1.165, 1.54) is 5.56 Å². The largest absolute Gasteiger partial charge is 0.494 e. The summed E-state index contributed by atoms with van der Waals surface area (Å²) >= 11 is 0. The molecule has 0 aliphatic rings. The molecule has 1 aromatic rings. The highest BCUT2D eigenvalue weighted by Crippen LogP contribution is 2.20. The number of hydrogen-bond donors (Lipinski definition) is 1. The van der Waals surface area contributed by atoms with Crippen LogP contribution < -0.4 is 10.5 Å². The third kappa shape index (κ3) is 4.67. The molecule has 0 saturated heterocycles. The van der Waals surface area contributed by atoms with Gasteiger partial charge in [0.15, 0.2) is 0 Å². The van der Waals surface area contributed by atoms with E-state index in [0.717, 1.165) is 38.2 Å². The van der Waals surface area contributed by atoms with Crippen molar-refractivity contribution in [2.75, 3.05) is 13.2 Å². The van der Waals surface area contributed by atoms with Gasteiger partial charge in [-0.05, 0) is 49.4 Å². The van der Waals surface area contributed by atoms with Crippen LogP contribution in [0.5, 0.6) is 5.75 Å². The van der Waals surface area contributed by atoms with Crippen molar-refractivity contribution in [3.8, 4) is 5.75 Å². The maximum atomic E-state index is 5.70. The van der Waals surface area contributed by atoms with E-state index in [2.05, 4.69) is 32.0 Å². The number of benzene rings is 1. The van der Waals surface area contributed by atoms with Crippen LogP contribution in [-0.4, -0.2) is 13.2 Å². The van der Waals surface area contributed by atoms with Gasteiger partial charge in [-0.25, -0.2) is 0 Å². The molecule has 1 aromatic carbocycles. The van der Waals surface area contributed by atoms with Crippen LogP contribution in [0.1, 0.15) is 44.6 Å². The zero-order valence-electron chi connectivity index (χ0n) is 10.4. The van der Waals surface area contributed by atoms with E-state index in [1.54, 1.807) is 0 Å². The third-order valence-corrected chi connectivity index (χ3v) is 2.64. The first-order valence-corrected chi connectivity index (χ1v) is 6.17. The molecule has 0 unspecified atom stereocenters. The average molecular weight is 221 g/mol. The lowest BCUT2D eigenvalue weighted by Crippen LogP contribution is -2.01. The molecule has 90 valence electrons. The second-order valence-electron chi connectivity index (χ2n) is 4.42. The first-order valence-electron chi connectivity index (χ1n) is 6.17. The Balaban J connectivity index is 2.33. The summed E-state index contributed by atoms with van der Waals surface area (Å²) < 4.78 is 5.70. The minimum atomic E-state index is 0.556. The number of nitrogens with two attached hydrogens (primary N) is 1. The fraction of sp³-hybridized carbons (Fsp3) is 0.571. The smallest absolute Gasteiger partial charge is 0.119 e. The van der Waals surface area contributed by atoms with Crippen molar-refractivity contribution < 1.29 is 4.74 Å². The molecule has 0 atom stereocenters. The highest BCUT2D eigenvalue weighted by Gasteiger charge is 2.00. The standard InChI is InChI=1S/C14H23NO/c1-12(2)13-7-6-8-14(11-13)16-10-5-3-4-9-15/h6-8,11-12H,3-5,9-10,15H2,1-2H3. The van der Waals surface area contributed by atoms with Crippen LogP contribution in [0, 0.1) is 0 Å². The molecule has 2 heteroatoms. The molecule has 0 saturated carbocycles. The first kappa shape index (κ1) is 13.0. The normalized spacial score (nSPS) is 10.8. The van der Waals surface area contributed by atoms with Gasteiger partial charge in [0.2, 0.25) is 0 Å². The van der Waals surface area contributed by atoms with Crippen LogP contribution in [0.15, 0.2) is 24.3 Å². The summed E-state index contributed by atoms with van der Waals surface area (Å²) in [5.41, 5.74) is 6.77.